The average Bonchev–Trinajstić information content (AvgIpc) is 2.89. The Kier molecular flexibility index (Phi) is 4.91. The lowest BCUT2D eigenvalue weighted by Gasteiger charge is -2.31. The molecule has 0 atom stereocenters. The number of sulfone groups is 1. The molecule has 0 amide bonds. The van der Waals surface area contributed by atoms with Crippen LogP contribution in [0.15, 0.2) is 16.4 Å². The summed E-state index contributed by atoms with van der Waals surface area (Å²) >= 11 is 3.37. The fraction of sp³-hybridized carbons (Fsp3) is 0.667. The molecule has 0 bridgehead atoms. The molecule has 0 aromatic carbocycles. The minimum atomic E-state index is -3.02. The highest BCUT2D eigenvalue weighted by Crippen LogP contribution is 2.39. The van der Waals surface area contributed by atoms with E-state index in [1.165, 1.54) is 5.57 Å². The summed E-state index contributed by atoms with van der Waals surface area (Å²) in [5, 5.41) is 0. The Morgan fingerprint density at radius 2 is 1.88 bits per heavy atom. The van der Waals surface area contributed by atoms with Crippen LogP contribution in [0.3, 0.4) is 0 Å². The third-order valence-electron chi connectivity index (χ3n) is 5.30. The molecule has 0 radical (unpaired) electrons. The zero-order chi connectivity index (χ0) is 17.5. The second-order valence-corrected chi connectivity index (χ2v) is 11.6. The Hall–Kier alpha value is -0.750. The van der Waals surface area contributed by atoms with Crippen LogP contribution in [0.25, 0.3) is 6.08 Å². The Morgan fingerprint density at radius 1 is 1.21 bits per heavy atom. The molecule has 4 nitrogen and oxygen atoms in total. The Labute approximate surface area is 153 Å². The zero-order valence-corrected chi connectivity index (χ0v) is 17.0. The monoisotopic (exact) mass is 412 g/mol. The van der Waals surface area contributed by atoms with Crippen molar-refractivity contribution in [2.45, 2.75) is 57.6 Å². The molecule has 0 spiro atoms. The van der Waals surface area contributed by atoms with Gasteiger partial charge in [-0.2, -0.15) is 0 Å². The van der Waals surface area contributed by atoms with Crippen molar-refractivity contribution in [3.8, 4) is 0 Å². The van der Waals surface area contributed by atoms with Gasteiger partial charge >= 0.3 is 0 Å². The predicted octanol–water partition coefficient (Wildman–Crippen LogP) is 4.20. The first-order chi connectivity index (χ1) is 11.2. The maximum absolute atomic E-state index is 12.4. The second kappa shape index (κ2) is 6.52. The van der Waals surface area contributed by atoms with E-state index in [1.807, 2.05) is 0 Å². The number of allylic oxidation sites excluding steroid dienone is 1. The third kappa shape index (κ3) is 3.74. The number of halogens is 1. The molecule has 1 heterocycles. The van der Waals surface area contributed by atoms with Crippen molar-refractivity contribution in [2.75, 3.05) is 5.75 Å². The summed E-state index contributed by atoms with van der Waals surface area (Å²) in [4.78, 5) is 8.94. The quantitative estimate of drug-likeness (QED) is 0.745. The number of hydrogen-bond acceptors (Lipinski definition) is 4. The van der Waals surface area contributed by atoms with Crippen molar-refractivity contribution in [3.63, 3.8) is 0 Å². The Morgan fingerprint density at radius 3 is 2.50 bits per heavy atom. The molecular weight excluding hydrogens is 388 g/mol. The van der Waals surface area contributed by atoms with Gasteiger partial charge in [-0.1, -0.05) is 5.57 Å². The summed E-state index contributed by atoms with van der Waals surface area (Å²) in [6.07, 6.45) is 8.98. The molecule has 6 heteroatoms. The first kappa shape index (κ1) is 18.1. The first-order valence-corrected chi connectivity index (χ1v) is 11.0. The van der Waals surface area contributed by atoms with Crippen LogP contribution in [-0.2, 0) is 16.3 Å². The van der Waals surface area contributed by atoms with E-state index in [4.69, 9.17) is 0 Å². The van der Waals surface area contributed by atoms with Crippen LogP contribution in [0, 0.1) is 11.8 Å². The standard InChI is InChI=1S/C18H25BrN2O2S/c1-18(2,3)24(22,23)11-12-4-6-13(7-5-12)14-8-15-16(9-14)21-17(19)10-20-15/h9-10,12-13H,4-8,11H2,1-3H3. The molecule has 0 N–H and O–H groups in total. The van der Waals surface area contributed by atoms with Crippen LogP contribution in [-0.4, -0.2) is 28.9 Å². The molecule has 2 aliphatic rings. The molecule has 2 aliphatic carbocycles. The largest absolute Gasteiger partial charge is 0.256 e. The van der Waals surface area contributed by atoms with Gasteiger partial charge in [0.2, 0.25) is 0 Å². The summed E-state index contributed by atoms with van der Waals surface area (Å²) in [5.74, 6) is 1.19. The summed E-state index contributed by atoms with van der Waals surface area (Å²) in [6, 6.07) is 0. The lowest BCUT2D eigenvalue weighted by atomic mass is 9.79. The van der Waals surface area contributed by atoms with Gasteiger partial charge in [-0.3, -0.25) is 4.98 Å². The summed E-state index contributed by atoms with van der Waals surface area (Å²) < 4.78 is 24.9. The zero-order valence-electron chi connectivity index (χ0n) is 14.5. The first-order valence-electron chi connectivity index (χ1n) is 8.60. The normalized spacial score (nSPS) is 24.6. The number of rotatable bonds is 3. The van der Waals surface area contributed by atoms with Crippen molar-refractivity contribution in [1.29, 1.82) is 0 Å². The van der Waals surface area contributed by atoms with Crippen molar-refractivity contribution in [3.05, 3.63) is 27.8 Å². The lowest BCUT2D eigenvalue weighted by molar-refractivity contribution is 0.319. The van der Waals surface area contributed by atoms with Gasteiger partial charge in [0.15, 0.2) is 9.84 Å². The fourth-order valence-electron chi connectivity index (χ4n) is 3.60. The number of fused-ring (bicyclic) bond motifs is 1. The molecule has 1 saturated carbocycles. The van der Waals surface area contributed by atoms with Gasteiger partial charge in [-0.15, -0.1) is 0 Å². The molecule has 1 aromatic rings. The summed E-state index contributed by atoms with van der Waals surface area (Å²) in [6.45, 7) is 5.39. The van der Waals surface area contributed by atoms with Crippen LogP contribution < -0.4 is 0 Å². The maximum Gasteiger partial charge on any atom is 0.155 e. The molecule has 1 aromatic heterocycles. The summed E-state index contributed by atoms with van der Waals surface area (Å²) in [5.41, 5.74) is 3.46. The van der Waals surface area contributed by atoms with Gasteiger partial charge in [0.1, 0.15) is 4.60 Å². The molecule has 0 saturated heterocycles. The van der Waals surface area contributed by atoms with Gasteiger partial charge in [0.25, 0.3) is 0 Å². The fourth-order valence-corrected chi connectivity index (χ4v) is 5.35. The van der Waals surface area contributed by atoms with Gasteiger partial charge in [-0.05, 0) is 80.3 Å². The molecule has 0 unspecified atom stereocenters. The SMILES string of the molecule is CC(C)(C)S(=O)(=O)CC1CCC(C2=Cc3nc(Br)cnc3C2)CC1. The van der Waals surface area contributed by atoms with Gasteiger partial charge in [-0.25, -0.2) is 13.4 Å². The van der Waals surface area contributed by atoms with E-state index < -0.39 is 14.6 Å². The Balaban J connectivity index is 1.60. The maximum atomic E-state index is 12.4. The van der Waals surface area contributed by atoms with Crippen molar-refractivity contribution >= 4 is 31.8 Å². The van der Waals surface area contributed by atoms with Gasteiger partial charge < -0.3 is 0 Å². The third-order valence-corrected chi connectivity index (χ3v) is 8.46. The molecular formula is C18H25BrN2O2S. The molecule has 0 aliphatic heterocycles. The highest BCUT2D eigenvalue weighted by atomic mass is 79.9. The predicted molar refractivity (Wildman–Crippen MR) is 100 cm³/mol. The van der Waals surface area contributed by atoms with E-state index >= 15 is 0 Å². The van der Waals surface area contributed by atoms with E-state index in [2.05, 4.69) is 32.0 Å². The number of aromatic nitrogens is 2. The topological polar surface area (TPSA) is 59.9 Å². The van der Waals surface area contributed by atoms with Crippen LogP contribution in [0.1, 0.15) is 57.8 Å². The smallest absolute Gasteiger partial charge is 0.155 e. The average molecular weight is 413 g/mol. The molecule has 132 valence electrons. The number of hydrogen-bond donors (Lipinski definition) is 0. The summed E-state index contributed by atoms with van der Waals surface area (Å²) in [7, 11) is -3.02. The van der Waals surface area contributed by atoms with E-state index in [0.717, 1.165) is 48.1 Å². The molecule has 24 heavy (non-hydrogen) atoms. The van der Waals surface area contributed by atoms with E-state index in [0.29, 0.717) is 17.6 Å². The Bertz CT molecular complexity index is 758. The van der Waals surface area contributed by atoms with Crippen LogP contribution in [0.4, 0.5) is 0 Å². The van der Waals surface area contributed by atoms with E-state index in [-0.39, 0.29) is 0 Å². The highest BCUT2D eigenvalue weighted by molar-refractivity contribution is 9.10. The van der Waals surface area contributed by atoms with Gasteiger partial charge in [0.05, 0.1) is 28.1 Å². The second-order valence-electron chi connectivity index (χ2n) is 8.03. The minimum absolute atomic E-state index is 0.306. The van der Waals surface area contributed by atoms with E-state index in [9.17, 15) is 8.42 Å². The van der Waals surface area contributed by atoms with Gasteiger partial charge in [0, 0.05) is 6.42 Å². The van der Waals surface area contributed by atoms with Crippen LogP contribution in [0.5, 0.6) is 0 Å². The van der Waals surface area contributed by atoms with Crippen LogP contribution in [0.2, 0.25) is 0 Å². The lowest BCUT2D eigenvalue weighted by Crippen LogP contribution is -2.34. The van der Waals surface area contributed by atoms with Crippen molar-refractivity contribution in [1.82, 2.24) is 9.97 Å². The molecule has 1 fully saturated rings. The van der Waals surface area contributed by atoms with Crippen LogP contribution >= 0.6 is 15.9 Å². The minimum Gasteiger partial charge on any atom is -0.256 e. The highest BCUT2D eigenvalue weighted by Gasteiger charge is 2.34. The van der Waals surface area contributed by atoms with Crippen molar-refractivity contribution < 1.29 is 8.42 Å². The molecule has 3 rings (SSSR count). The van der Waals surface area contributed by atoms with Crippen molar-refractivity contribution in [2.24, 2.45) is 11.8 Å². The van der Waals surface area contributed by atoms with E-state index in [1.54, 1.807) is 27.0 Å². The number of nitrogens with zero attached hydrogens (tertiary/aromatic N) is 2.